The van der Waals surface area contributed by atoms with E-state index >= 15 is 0 Å². The second kappa shape index (κ2) is 7.44. The van der Waals surface area contributed by atoms with Crippen LogP contribution in [0.4, 0.5) is 16.2 Å². The van der Waals surface area contributed by atoms with Crippen molar-refractivity contribution in [2.75, 3.05) is 23.9 Å². The van der Waals surface area contributed by atoms with Gasteiger partial charge in [-0.2, -0.15) is 0 Å². The van der Waals surface area contributed by atoms with Crippen molar-refractivity contribution in [3.63, 3.8) is 0 Å². The minimum Gasteiger partial charge on any atom is -0.497 e. The van der Waals surface area contributed by atoms with Gasteiger partial charge in [-0.05, 0) is 30.3 Å². The zero-order valence-electron chi connectivity index (χ0n) is 13.7. The summed E-state index contributed by atoms with van der Waals surface area (Å²) in [6.45, 7) is 0.412. The number of ether oxygens (including phenoxy) is 1. The second-order valence-corrected chi connectivity index (χ2v) is 6.15. The first-order chi connectivity index (χ1) is 12.0. The predicted molar refractivity (Wildman–Crippen MR) is 97.4 cm³/mol. The largest absolute Gasteiger partial charge is 0.497 e. The van der Waals surface area contributed by atoms with E-state index in [4.69, 9.17) is 16.3 Å². The molecule has 2 aromatic rings. The van der Waals surface area contributed by atoms with Crippen molar-refractivity contribution < 1.29 is 14.3 Å². The third-order valence-electron chi connectivity index (χ3n) is 3.91. The molecule has 1 aliphatic rings. The standard InChI is InChI=1S/C18H18ClN3O3/c1-25-16-7-3-6-15(10-16)22-11-14(9-17(22)23)21-18(24)20-13-5-2-4-12(19)8-13/h2-8,10,14H,9,11H2,1H3,(H2,20,21,24)/t14-/m1/s1. The molecule has 1 heterocycles. The monoisotopic (exact) mass is 359 g/mol. The maximum Gasteiger partial charge on any atom is 0.319 e. The number of urea groups is 1. The molecule has 1 saturated heterocycles. The molecule has 0 bridgehead atoms. The number of hydrogen-bond acceptors (Lipinski definition) is 3. The quantitative estimate of drug-likeness (QED) is 0.880. The minimum atomic E-state index is -0.368. The van der Waals surface area contributed by atoms with Gasteiger partial charge in [0, 0.05) is 35.4 Å². The highest BCUT2D eigenvalue weighted by Gasteiger charge is 2.31. The first-order valence-corrected chi connectivity index (χ1v) is 8.20. The zero-order valence-corrected chi connectivity index (χ0v) is 14.4. The fourth-order valence-electron chi connectivity index (χ4n) is 2.75. The summed E-state index contributed by atoms with van der Waals surface area (Å²) >= 11 is 5.90. The van der Waals surface area contributed by atoms with Gasteiger partial charge >= 0.3 is 6.03 Å². The third kappa shape index (κ3) is 4.22. The molecule has 0 aliphatic carbocycles. The molecule has 1 fully saturated rings. The highest BCUT2D eigenvalue weighted by atomic mass is 35.5. The molecule has 2 aromatic carbocycles. The van der Waals surface area contributed by atoms with Gasteiger partial charge in [-0.15, -0.1) is 0 Å². The van der Waals surface area contributed by atoms with Crippen molar-refractivity contribution >= 4 is 34.9 Å². The summed E-state index contributed by atoms with van der Waals surface area (Å²) in [6.07, 6.45) is 0.250. The summed E-state index contributed by atoms with van der Waals surface area (Å²) < 4.78 is 5.19. The van der Waals surface area contributed by atoms with Crippen LogP contribution in [0, 0.1) is 0 Å². The number of halogens is 1. The topological polar surface area (TPSA) is 70.7 Å². The Labute approximate surface area is 150 Å². The summed E-state index contributed by atoms with van der Waals surface area (Å²) in [4.78, 5) is 26.0. The van der Waals surface area contributed by atoms with Crippen molar-refractivity contribution in [3.05, 3.63) is 53.6 Å². The molecule has 6 nitrogen and oxygen atoms in total. The van der Waals surface area contributed by atoms with Crippen LogP contribution in [-0.2, 0) is 4.79 Å². The molecule has 0 spiro atoms. The predicted octanol–water partition coefficient (Wildman–Crippen LogP) is 3.28. The van der Waals surface area contributed by atoms with Crippen LogP contribution in [0.5, 0.6) is 5.75 Å². The van der Waals surface area contributed by atoms with E-state index in [0.717, 1.165) is 5.69 Å². The molecule has 0 radical (unpaired) electrons. The number of methoxy groups -OCH3 is 1. The van der Waals surface area contributed by atoms with Gasteiger partial charge in [0.15, 0.2) is 0 Å². The van der Waals surface area contributed by atoms with Crippen LogP contribution in [0.2, 0.25) is 5.02 Å². The SMILES string of the molecule is COc1cccc(N2C[C@H](NC(=O)Nc3cccc(Cl)c3)CC2=O)c1. The Morgan fingerprint density at radius 1 is 1.24 bits per heavy atom. The van der Waals surface area contributed by atoms with Gasteiger partial charge in [-0.1, -0.05) is 23.7 Å². The number of carbonyl (C=O) groups excluding carboxylic acids is 2. The van der Waals surface area contributed by atoms with Crippen LogP contribution in [-0.4, -0.2) is 31.6 Å². The average Bonchev–Trinajstić information content (AvgIpc) is 2.95. The number of amides is 3. The number of carbonyl (C=O) groups is 2. The molecule has 130 valence electrons. The molecule has 3 amide bonds. The molecule has 0 aromatic heterocycles. The molecule has 7 heteroatoms. The van der Waals surface area contributed by atoms with Crippen molar-refractivity contribution in [2.45, 2.75) is 12.5 Å². The molecule has 0 unspecified atom stereocenters. The normalized spacial score (nSPS) is 16.6. The number of rotatable bonds is 4. The Kier molecular flexibility index (Phi) is 5.09. The second-order valence-electron chi connectivity index (χ2n) is 5.72. The number of hydrogen-bond donors (Lipinski definition) is 2. The van der Waals surface area contributed by atoms with E-state index < -0.39 is 0 Å². The van der Waals surface area contributed by atoms with Gasteiger partial charge in [0.1, 0.15) is 5.75 Å². The lowest BCUT2D eigenvalue weighted by Crippen LogP contribution is -2.39. The molecule has 3 rings (SSSR count). The lowest BCUT2D eigenvalue weighted by atomic mass is 10.2. The van der Waals surface area contributed by atoms with Crippen molar-refractivity contribution in [1.82, 2.24) is 5.32 Å². The number of nitrogens with zero attached hydrogens (tertiary/aromatic N) is 1. The van der Waals surface area contributed by atoms with Crippen LogP contribution >= 0.6 is 11.6 Å². The van der Waals surface area contributed by atoms with E-state index in [-0.39, 0.29) is 24.4 Å². The van der Waals surface area contributed by atoms with Gasteiger partial charge in [-0.3, -0.25) is 4.79 Å². The number of benzene rings is 2. The Morgan fingerprint density at radius 2 is 2.04 bits per heavy atom. The molecule has 1 atom stereocenters. The highest BCUT2D eigenvalue weighted by Crippen LogP contribution is 2.25. The Hall–Kier alpha value is -2.73. The lowest BCUT2D eigenvalue weighted by molar-refractivity contribution is -0.117. The van der Waals surface area contributed by atoms with Gasteiger partial charge < -0.3 is 20.3 Å². The fraction of sp³-hybridized carbons (Fsp3) is 0.222. The van der Waals surface area contributed by atoms with Gasteiger partial charge in [0.25, 0.3) is 0 Å². The van der Waals surface area contributed by atoms with E-state index in [1.54, 1.807) is 42.3 Å². The van der Waals surface area contributed by atoms with Gasteiger partial charge in [0.05, 0.1) is 13.2 Å². The van der Waals surface area contributed by atoms with Gasteiger partial charge in [-0.25, -0.2) is 4.79 Å². The summed E-state index contributed by atoms with van der Waals surface area (Å²) in [5.74, 6) is 0.640. The van der Waals surface area contributed by atoms with Crippen LogP contribution in [0.3, 0.4) is 0 Å². The van der Waals surface area contributed by atoms with Crippen molar-refractivity contribution in [1.29, 1.82) is 0 Å². The smallest absolute Gasteiger partial charge is 0.319 e. The molecular formula is C18H18ClN3O3. The van der Waals surface area contributed by atoms with E-state index in [0.29, 0.717) is 23.0 Å². The molecule has 1 aliphatic heterocycles. The summed E-state index contributed by atoms with van der Waals surface area (Å²) in [5, 5.41) is 6.07. The lowest BCUT2D eigenvalue weighted by Gasteiger charge is -2.18. The Morgan fingerprint density at radius 3 is 2.80 bits per heavy atom. The van der Waals surface area contributed by atoms with Crippen LogP contribution in [0.1, 0.15) is 6.42 Å². The maximum absolute atomic E-state index is 12.3. The summed E-state index contributed by atoms with van der Waals surface area (Å²) in [5.41, 5.74) is 1.35. The first-order valence-electron chi connectivity index (χ1n) is 7.82. The van der Waals surface area contributed by atoms with E-state index in [1.165, 1.54) is 0 Å². The summed E-state index contributed by atoms with van der Waals surface area (Å²) in [7, 11) is 1.58. The third-order valence-corrected chi connectivity index (χ3v) is 4.14. The van der Waals surface area contributed by atoms with E-state index in [9.17, 15) is 9.59 Å². The highest BCUT2D eigenvalue weighted by molar-refractivity contribution is 6.30. The Bertz CT molecular complexity index is 797. The molecule has 0 saturated carbocycles. The Balaban J connectivity index is 1.61. The maximum atomic E-state index is 12.3. The van der Waals surface area contributed by atoms with E-state index in [2.05, 4.69) is 10.6 Å². The van der Waals surface area contributed by atoms with E-state index in [1.807, 2.05) is 18.2 Å². The van der Waals surface area contributed by atoms with Gasteiger partial charge in [0.2, 0.25) is 5.91 Å². The zero-order chi connectivity index (χ0) is 17.8. The van der Waals surface area contributed by atoms with Crippen molar-refractivity contribution in [2.24, 2.45) is 0 Å². The molecule has 25 heavy (non-hydrogen) atoms. The number of nitrogens with one attached hydrogen (secondary N) is 2. The van der Waals surface area contributed by atoms with Crippen molar-refractivity contribution in [3.8, 4) is 5.75 Å². The fourth-order valence-corrected chi connectivity index (χ4v) is 2.94. The van der Waals surface area contributed by atoms with Crippen LogP contribution in [0.25, 0.3) is 0 Å². The molecular weight excluding hydrogens is 342 g/mol. The minimum absolute atomic E-state index is 0.0405. The number of anilines is 2. The molecule has 2 N–H and O–H groups in total. The first kappa shape index (κ1) is 17.1. The summed E-state index contributed by atoms with van der Waals surface area (Å²) in [6, 6.07) is 13.5. The van der Waals surface area contributed by atoms with Crippen LogP contribution < -0.4 is 20.3 Å². The van der Waals surface area contributed by atoms with Crippen LogP contribution in [0.15, 0.2) is 48.5 Å². The average molecular weight is 360 g/mol.